The summed E-state index contributed by atoms with van der Waals surface area (Å²) in [5.74, 6) is 0.779. The Bertz CT molecular complexity index is 387. The third-order valence-corrected chi connectivity index (χ3v) is 4.73. The standard InChI is InChI=1S/C14H24N2S/c1-6-15-14(5,10-7-8-10)12-16-11(9-17-12)13(2,3)4/h9-10,15H,6-8H2,1-5H3. The normalized spacial score (nSPS) is 20.3. The number of nitrogens with zero attached hydrogens (tertiary/aromatic N) is 1. The van der Waals surface area contributed by atoms with Gasteiger partial charge in [-0.2, -0.15) is 0 Å². The minimum Gasteiger partial charge on any atom is -0.306 e. The first-order valence-electron chi connectivity index (χ1n) is 6.59. The Morgan fingerprint density at radius 2 is 2.00 bits per heavy atom. The van der Waals surface area contributed by atoms with E-state index in [4.69, 9.17) is 4.98 Å². The Labute approximate surface area is 109 Å². The van der Waals surface area contributed by atoms with Crippen LogP contribution in [-0.4, -0.2) is 11.5 Å². The van der Waals surface area contributed by atoms with Gasteiger partial charge in [0.15, 0.2) is 0 Å². The molecule has 1 aliphatic carbocycles. The average Bonchev–Trinajstić information content (AvgIpc) is 2.94. The van der Waals surface area contributed by atoms with Crippen molar-refractivity contribution in [3.8, 4) is 0 Å². The van der Waals surface area contributed by atoms with Crippen LogP contribution in [0.15, 0.2) is 5.38 Å². The summed E-state index contributed by atoms with van der Waals surface area (Å²) in [6.07, 6.45) is 2.68. The molecule has 2 rings (SSSR count). The van der Waals surface area contributed by atoms with E-state index in [1.807, 2.05) is 11.3 Å². The molecular weight excluding hydrogens is 228 g/mol. The SMILES string of the molecule is CCNC(C)(c1nc(C(C)(C)C)cs1)C1CC1. The van der Waals surface area contributed by atoms with Crippen molar-refractivity contribution < 1.29 is 0 Å². The second-order valence-electron chi connectivity index (χ2n) is 6.29. The summed E-state index contributed by atoms with van der Waals surface area (Å²) in [4.78, 5) is 4.89. The molecule has 1 N–H and O–H groups in total. The van der Waals surface area contributed by atoms with Gasteiger partial charge in [0.1, 0.15) is 5.01 Å². The van der Waals surface area contributed by atoms with Gasteiger partial charge >= 0.3 is 0 Å². The number of rotatable bonds is 4. The molecule has 0 saturated heterocycles. The summed E-state index contributed by atoms with van der Waals surface area (Å²) >= 11 is 1.82. The van der Waals surface area contributed by atoms with Gasteiger partial charge in [-0.05, 0) is 32.2 Å². The van der Waals surface area contributed by atoms with E-state index in [9.17, 15) is 0 Å². The molecule has 1 fully saturated rings. The summed E-state index contributed by atoms with van der Waals surface area (Å²) in [7, 11) is 0. The zero-order valence-electron chi connectivity index (χ0n) is 11.6. The van der Waals surface area contributed by atoms with E-state index in [1.54, 1.807) is 0 Å². The van der Waals surface area contributed by atoms with Crippen LogP contribution in [0.25, 0.3) is 0 Å². The molecule has 0 amide bonds. The van der Waals surface area contributed by atoms with Crippen LogP contribution in [0.4, 0.5) is 0 Å². The minimum atomic E-state index is 0.100. The van der Waals surface area contributed by atoms with Crippen molar-refractivity contribution in [2.45, 2.75) is 58.4 Å². The summed E-state index contributed by atoms with van der Waals surface area (Å²) in [5.41, 5.74) is 1.48. The van der Waals surface area contributed by atoms with E-state index in [-0.39, 0.29) is 11.0 Å². The Hall–Kier alpha value is -0.410. The molecule has 1 heterocycles. The third kappa shape index (κ3) is 2.55. The molecule has 0 spiro atoms. The Morgan fingerprint density at radius 1 is 1.35 bits per heavy atom. The Morgan fingerprint density at radius 3 is 2.41 bits per heavy atom. The molecule has 1 aromatic rings. The Kier molecular flexibility index (Phi) is 3.34. The molecule has 17 heavy (non-hydrogen) atoms. The van der Waals surface area contributed by atoms with E-state index in [2.05, 4.69) is 45.3 Å². The van der Waals surface area contributed by atoms with Gasteiger partial charge in [0, 0.05) is 10.8 Å². The fourth-order valence-electron chi connectivity index (χ4n) is 2.28. The monoisotopic (exact) mass is 252 g/mol. The predicted octanol–water partition coefficient (Wildman–Crippen LogP) is 3.68. The fraction of sp³-hybridized carbons (Fsp3) is 0.786. The number of hydrogen-bond donors (Lipinski definition) is 1. The maximum atomic E-state index is 4.89. The van der Waals surface area contributed by atoms with Crippen LogP contribution in [0.3, 0.4) is 0 Å². The summed E-state index contributed by atoms with van der Waals surface area (Å²) < 4.78 is 0. The maximum absolute atomic E-state index is 4.89. The number of hydrogen-bond acceptors (Lipinski definition) is 3. The van der Waals surface area contributed by atoms with Gasteiger partial charge in [0.25, 0.3) is 0 Å². The van der Waals surface area contributed by atoms with E-state index in [1.165, 1.54) is 23.5 Å². The van der Waals surface area contributed by atoms with Crippen LogP contribution < -0.4 is 5.32 Å². The van der Waals surface area contributed by atoms with Crippen molar-refractivity contribution in [1.82, 2.24) is 10.3 Å². The van der Waals surface area contributed by atoms with Crippen molar-refractivity contribution >= 4 is 11.3 Å². The molecule has 1 atom stereocenters. The van der Waals surface area contributed by atoms with Gasteiger partial charge in [-0.15, -0.1) is 11.3 Å². The quantitative estimate of drug-likeness (QED) is 0.884. The largest absolute Gasteiger partial charge is 0.306 e. The maximum Gasteiger partial charge on any atom is 0.113 e. The lowest BCUT2D eigenvalue weighted by molar-refractivity contribution is 0.323. The number of nitrogens with one attached hydrogen (secondary N) is 1. The highest BCUT2D eigenvalue weighted by Gasteiger charge is 2.44. The smallest absolute Gasteiger partial charge is 0.113 e. The molecule has 1 aromatic heterocycles. The second-order valence-corrected chi connectivity index (χ2v) is 7.15. The lowest BCUT2D eigenvalue weighted by atomic mass is 9.92. The molecule has 0 bridgehead atoms. The van der Waals surface area contributed by atoms with Crippen molar-refractivity contribution in [2.24, 2.45) is 5.92 Å². The highest BCUT2D eigenvalue weighted by atomic mass is 32.1. The average molecular weight is 252 g/mol. The van der Waals surface area contributed by atoms with E-state index >= 15 is 0 Å². The van der Waals surface area contributed by atoms with Crippen LogP contribution in [-0.2, 0) is 11.0 Å². The molecule has 96 valence electrons. The second kappa shape index (κ2) is 4.36. The topological polar surface area (TPSA) is 24.9 Å². The number of thiazole rings is 1. The molecule has 2 nitrogen and oxygen atoms in total. The summed E-state index contributed by atoms with van der Waals surface area (Å²) in [6.45, 7) is 12.2. The van der Waals surface area contributed by atoms with Crippen molar-refractivity contribution in [3.63, 3.8) is 0 Å². The van der Waals surface area contributed by atoms with Gasteiger partial charge < -0.3 is 5.32 Å². The first-order valence-corrected chi connectivity index (χ1v) is 7.47. The van der Waals surface area contributed by atoms with Gasteiger partial charge in [-0.1, -0.05) is 27.7 Å². The third-order valence-electron chi connectivity index (χ3n) is 3.65. The van der Waals surface area contributed by atoms with Crippen LogP contribution in [0.5, 0.6) is 0 Å². The van der Waals surface area contributed by atoms with Crippen molar-refractivity contribution in [2.75, 3.05) is 6.54 Å². The molecule has 0 aromatic carbocycles. The lowest BCUT2D eigenvalue weighted by Crippen LogP contribution is -2.41. The molecule has 1 saturated carbocycles. The minimum absolute atomic E-state index is 0.100. The van der Waals surface area contributed by atoms with Crippen LogP contribution >= 0.6 is 11.3 Å². The summed E-state index contributed by atoms with van der Waals surface area (Å²) in [5, 5.41) is 7.15. The zero-order valence-corrected chi connectivity index (χ0v) is 12.4. The Balaban J connectivity index is 2.28. The van der Waals surface area contributed by atoms with Gasteiger partial charge in [-0.3, -0.25) is 0 Å². The van der Waals surface area contributed by atoms with E-state index in [0.717, 1.165) is 12.5 Å². The molecule has 1 unspecified atom stereocenters. The zero-order chi connectivity index (χ0) is 12.7. The summed E-state index contributed by atoms with van der Waals surface area (Å²) in [6, 6.07) is 0. The van der Waals surface area contributed by atoms with Crippen LogP contribution in [0.1, 0.15) is 58.2 Å². The first-order chi connectivity index (χ1) is 7.88. The molecular formula is C14H24N2S. The van der Waals surface area contributed by atoms with Gasteiger partial charge in [0.05, 0.1) is 11.2 Å². The molecule has 1 aliphatic rings. The van der Waals surface area contributed by atoms with Gasteiger partial charge in [-0.25, -0.2) is 4.98 Å². The van der Waals surface area contributed by atoms with Crippen molar-refractivity contribution in [1.29, 1.82) is 0 Å². The van der Waals surface area contributed by atoms with Crippen LogP contribution in [0, 0.1) is 5.92 Å². The highest BCUT2D eigenvalue weighted by molar-refractivity contribution is 7.09. The van der Waals surface area contributed by atoms with Crippen molar-refractivity contribution in [3.05, 3.63) is 16.1 Å². The highest BCUT2D eigenvalue weighted by Crippen LogP contribution is 2.46. The predicted molar refractivity (Wildman–Crippen MR) is 74.6 cm³/mol. The fourth-order valence-corrected chi connectivity index (χ4v) is 3.54. The lowest BCUT2D eigenvalue weighted by Gasteiger charge is -2.28. The molecule has 0 radical (unpaired) electrons. The van der Waals surface area contributed by atoms with Gasteiger partial charge in [0.2, 0.25) is 0 Å². The number of aromatic nitrogens is 1. The molecule has 0 aliphatic heterocycles. The van der Waals surface area contributed by atoms with E-state index in [0.29, 0.717) is 0 Å². The molecule has 3 heteroatoms. The van der Waals surface area contributed by atoms with E-state index < -0.39 is 0 Å². The first kappa shape index (κ1) is 13.0. The van der Waals surface area contributed by atoms with Crippen LogP contribution in [0.2, 0.25) is 0 Å².